The molecule has 1 atom stereocenters. The zero-order valence-electron chi connectivity index (χ0n) is 9.66. The number of aromatic nitrogens is 2. The summed E-state index contributed by atoms with van der Waals surface area (Å²) in [5, 5.41) is 3.25. The van der Waals surface area contributed by atoms with Crippen LogP contribution in [-0.4, -0.2) is 29.7 Å². The normalized spacial score (nSPS) is 20.1. The Balaban J connectivity index is 2.07. The van der Waals surface area contributed by atoms with Gasteiger partial charge in [0.15, 0.2) is 0 Å². The van der Waals surface area contributed by atoms with Crippen molar-refractivity contribution in [2.24, 2.45) is 0 Å². The van der Waals surface area contributed by atoms with Crippen molar-refractivity contribution in [1.29, 1.82) is 0 Å². The summed E-state index contributed by atoms with van der Waals surface area (Å²) in [7, 11) is 0. The lowest BCUT2D eigenvalue weighted by Crippen LogP contribution is -2.33. The molecule has 0 spiro atoms. The predicted molar refractivity (Wildman–Crippen MR) is 66.8 cm³/mol. The highest BCUT2D eigenvalue weighted by molar-refractivity contribution is 5.74. The van der Waals surface area contributed by atoms with E-state index in [1.54, 1.807) is 6.07 Å². The van der Waals surface area contributed by atoms with Crippen LogP contribution in [0.3, 0.4) is 0 Å². The lowest BCUT2D eigenvalue weighted by atomic mass is 10.1. The second kappa shape index (κ2) is 4.40. The van der Waals surface area contributed by atoms with E-state index in [1.165, 1.54) is 0 Å². The van der Waals surface area contributed by atoms with Crippen LogP contribution in [0.15, 0.2) is 27.8 Å². The molecule has 0 bridgehead atoms. The Morgan fingerprint density at radius 2 is 1.89 bits per heavy atom. The molecule has 6 heteroatoms. The number of fused-ring (bicyclic) bond motifs is 1. The summed E-state index contributed by atoms with van der Waals surface area (Å²) in [6.45, 7) is 2.28. The summed E-state index contributed by atoms with van der Waals surface area (Å²) in [6.07, 6.45) is -0.0152. The molecular formula is C12H13N3O3. The molecule has 2 aromatic rings. The summed E-state index contributed by atoms with van der Waals surface area (Å²) < 4.78 is 5.64. The Hall–Kier alpha value is -1.92. The predicted octanol–water partition coefficient (Wildman–Crippen LogP) is -0.123. The number of morpholine rings is 1. The highest BCUT2D eigenvalue weighted by Crippen LogP contribution is 2.20. The maximum absolute atomic E-state index is 11.3. The Morgan fingerprint density at radius 1 is 1.11 bits per heavy atom. The Bertz CT molecular complexity index is 683. The Kier molecular flexibility index (Phi) is 2.73. The first kappa shape index (κ1) is 11.2. The van der Waals surface area contributed by atoms with Crippen molar-refractivity contribution in [3.8, 4) is 0 Å². The van der Waals surface area contributed by atoms with Gasteiger partial charge in [0.25, 0.3) is 0 Å². The molecule has 1 saturated heterocycles. The van der Waals surface area contributed by atoms with Crippen LogP contribution in [0.2, 0.25) is 0 Å². The van der Waals surface area contributed by atoms with Crippen molar-refractivity contribution >= 4 is 11.0 Å². The maximum atomic E-state index is 11.3. The van der Waals surface area contributed by atoms with Crippen molar-refractivity contribution in [3.05, 3.63) is 44.5 Å². The van der Waals surface area contributed by atoms with Crippen LogP contribution in [0, 0.1) is 0 Å². The van der Waals surface area contributed by atoms with Crippen LogP contribution < -0.4 is 16.4 Å². The zero-order valence-corrected chi connectivity index (χ0v) is 9.66. The standard InChI is InChI=1S/C12H13N3O3/c16-11-12(17)15-9-5-7(1-2-8(9)14-11)10-6-13-3-4-18-10/h1-2,5,10,13H,3-4,6H2,(H,14,16)(H,15,17). The molecule has 6 nitrogen and oxygen atoms in total. The molecule has 3 N–H and O–H groups in total. The third-order valence-electron chi connectivity index (χ3n) is 3.05. The fraction of sp³-hybridized carbons (Fsp3) is 0.333. The molecule has 18 heavy (non-hydrogen) atoms. The van der Waals surface area contributed by atoms with Gasteiger partial charge in [-0.1, -0.05) is 6.07 Å². The molecule has 0 amide bonds. The minimum Gasteiger partial charge on any atom is -0.371 e. The number of aromatic amines is 2. The molecule has 1 aromatic heterocycles. The summed E-state index contributed by atoms with van der Waals surface area (Å²) in [5.41, 5.74) is 0.948. The van der Waals surface area contributed by atoms with Crippen molar-refractivity contribution in [1.82, 2.24) is 15.3 Å². The molecule has 1 fully saturated rings. The minimum absolute atomic E-state index is 0.0152. The lowest BCUT2D eigenvalue weighted by Gasteiger charge is -2.24. The second-order valence-corrected chi connectivity index (χ2v) is 4.28. The van der Waals surface area contributed by atoms with E-state index in [1.807, 2.05) is 12.1 Å². The number of benzene rings is 1. The molecule has 1 aromatic carbocycles. The van der Waals surface area contributed by atoms with Gasteiger partial charge in [-0.15, -0.1) is 0 Å². The zero-order chi connectivity index (χ0) is 12.5. The first-order chi connectivity index (χ1) is 8.74. The monoisotopic (exact) mass is 247 g/mol. The van der Waals surface area contributed by atoms with Crippen LogP contribution in [0.5, 0.6) is 0 Å². The van der Waals surface area contributed by atoms with E-state index < -0.39 is 11.1 Å². The van der Waals surface area contributed by atoms with Crippen LogP contribution in [0.4, 0.5) is 0 Å². The van der Waals surface area contributed by atoms with Gasteiger partial charge in [-0.05, 0) is 17.7 Å². The molecule has 0 aliphatic carbocycles. The van der Waals surface area contributed by atoms with E-state index in [9.17, 15) is 9.59 Å². The number of nitrogens with one attached hydrogen (secondary N) is 3. The van der Waals surface area contributed by atoms with Crippen LogP contribution in [0.25, 0.3) is 11.0 Å². The van der Waals surface area contributed by atoms with Crippen molar-refractivity contribution in [2.45, 2.75) is 6.10 Å². The fourth-order valence-corrected chi connectivity index (χ4v) is 2.11. The van der Waals surface area contributed by atoms with Crippen molar-refractivity contribution in [3.63, 3.8) is 0 Å². The summed E-state index contributed by atoms with van der Waals surface area (Å²) >= 11 is 0. The van der Waals surface area contributed by atoms with Crippen molar-refractivity contribution < 1.29 is 4.74 Å². The fourth-order valence-electron chi connectivity index (χ4n) is 2.11. The molecule has 94 valence electrons. The Morgan fingerprint density at radius 3 is 2.61 bits per heavy atom. The van der Waals surface area contributed by atoms with Gasteiger partial charge >= 0.3 is 11.1 Å². The lowest BCUT2D eigenvalue weighted by molar-refractivity contribution is 0.0278. The Labute approximate surface area is 102 Å². The van der Waals surface area contributed by atoms with E-state index in [-0.39, 0.29) is 6.10 Å². The van der Waals surface area contributed by atoms with Crippen LogP contribution >= 0.6 is 0 Å². The van der Waals surface area contributed by atoms with Gasteiger partial charge in [-0.3, -0.25) is 9.59 Å². The highest BCUT2D eigenvalue weighted by Gasteiger charge is 2.16. The minimum atomic E-state index is -0.637. The smallest absolute Gasteiger partial charge is 0.314 e. The summed E-state index contributed by atoms with van der Waals surface area (Å²) in [6, 6.07) is 5.51. The van der Waals surface area contributed by atoms with Crippen LogP contribution in [0.1, 0.15) is 11.7 Å². The number of hydrogen-bond acceptors (Lipinski definition) is 4. The van der Waals surface area contributed by atoms with Gasteiger partial charge in [0.05, 0.1) is 23.7 Å². The van der Waals surface area contributed by atoms with Gasteiger partial charge in [0.1, 0.15) is 0 Å². The first-order valence-electron chi connectivity index (χ1n) is 5.82. The van der Waals surface area contributed by atoms with Crippen LogP contribution in [-0.2, 0) is 4.74 Å². The van der Waals surface area contributed by atoms with E-state index in [4.69, 9.17) is 4.74 Å². The van der Waals surface area contributed by atoms with Gasteiger partial charge in [0.2, 0.25) is 0 Å². The molecule has 2 heterocycles. The molecule has 1 aliphatic heterocycles. The number of hydrogen-bond donors (Lipinski definition) is 3. The summed E-state index contributed by atoms with van der Waals surface area (Å²) in [4.78, 5) is 27.6. The molecular weight excluding hydrogens is 234 g/mol. The number of H-pyrrole nitrogens is 2. The molecule has 3 rings (SSSR count). The third kappa shape index (κ3) is 1.96. The highest BCUT2D eigenvalue weighted by atomic mass is 16.5. The van der Waals surface area contributed by atoms with E-state index in [0.717, 1.165) is 18.7 Å². The quantitative estimate of drug-likeness (QED) is 0.613. The first-order valence-corrected chi connectivity index (χ1v) is 5.82. The van der Waals surface area contributed by atoms with E-state index in [2.05, 4.69) is 15.3 Å². The largest absolute Gasteiger partial charge is 0.371 e. The number of rotatable bonds is 1. The van der Waals surface area contributed by atoms with Gasteiger partial charge in [-0.25, -0.2) is 0 Å². The van der Waals surface area contributed by atoms with Gasteiger partial charge < -0.3 is 20.0 Å². The SMILES string of the molecule is O=c1[nH]c2ccc(C3CNCCO3)cc2[nH]c1=O. The molecule has 1 unspecified atom stereocenters. The van der Waals surface area contributed by atoms with Gasteiger partial charge in [-0.2, -0.15) is 0 Å². The van der Waals surface area contributed by atoms with Crippen molar-refractivity contribution in [2.75, 3.05) is 19.7 Å². The molecule has 0 radical (unpaired) electrons. The van der Waals surface area contributed by atoms with E-state index >= 15 is 0 Å². The third-order valence-corrected chi connectivity index (χ3v) is 3.05. The average Bonchev–Trinajstić information content (AvgIpc) is 2.41. The summed E-state index contributed by atoms with van der Waals surface area (Å²) in [5.74, 6) is 0. The topological polar surface area (TPSA) is 87.0 Å². The van der Waals surface area contributed by atoms with Gasteiger partial charge in [0, 0.05) is 13.1 Å². The number of ether oxygens (including phenoxy) is 1. The van der Waals surface area contributed by atoms with E-state index in [0.29, 0.717) is 17.6 Å². The molecule has 1 aliphatic rings. The second-order valence-electron chi connectivity index (χ2n) is 4.28. The molecule has 0 saturated carbocycles. The maximum Gasteiger partial charge on any atom is 0.314 e. The average molecular weight is 247 g/mol.